The van der Waals surface area contributed by atoms with Crippen molar-refractivity contribution in [2.75, 3.05) is 0 Å². The first-order valence-electron chi connectivity index (χ1n) is 4.32. The van der Waals surface area contributed by atoms with Gasteiger partial charge in [0.2, 0.25) is 0 Å². The SMILES string of the molecule is FC(F)(F)Cc1cccc2nnccc12. The molecule has 2 aromatic rings. The number of rotatable bonds is 1. The summed E-state index contributed by atoms with van der Waals surface area (Å²) in [5, 5.41) is 7.88. The van der Waals surface area contributed by atoms with Crippen molar-refractivity contribution in [3.05, 3.63) is 36.0 Å². The molecule has 0 bridgehead atoms. The van der Waals surface area contributed by atoms with Crippen LogP contribution in [0.25, 0.3) is 10.9 Å². The lowest BCUT2D eigenvalue weighted by atomic mass is 10.1. The minimum Gasteiger partial charge on any atom is -0.171 e. The fraction of sp³-hybridized carbons (Fsp3) is 0.200. The standard InChI is InChI=1S/C10H7F3N2/c11-10(12,13)6-7-2-1-3-9-8(7)4-5-14-15-9/h1-5H,6H2. The van der Waals surface area contributed by atoms with E-state index in [1.165, 1.54) is 12.3 Å². The van der Waals surface area contributed by atoms with E-state index >= 15 is 0 Å². The molecular formula is C10H7F3N2. The lowest BCUT2D eigenvalue weighted by molar-refractivity contribution is -0.126. The van der Waals surface area contributed by atoms with Crippen LogP contribution in [0.15, 0.2) is 30.5 Å². The van der Waals surface area contributed by atoms with Crippen LogP contribution in [0.2, 0.25) is 0 Å². The summed E-state index contributed by atoms with van der Waals surface area (Å²) in [6, 6.07) is 6.20. The van der Waals surface area contributed by atoms with Crippen LogP contribution in [0.3, 0.4) is 0 Å². The first-order chi connectivity index (χ1) is 7.06. The van der Waals surface area contributed by atoms with Gasteiger partial charge in [0, 0.05) is 5.39 Å². The highest BCUT2D eigenvalue weighted by Crippen LogP contribution is 2.25. The minimum atomic E-state index is -4.20. The Hall–Kier alpha value is -1.65. The highest BCUT2D eigenvalue weighted by molar-refractivity contribution is 5.81. The van der Waals surface area contributed by atoms with E-state index in [1.807, 2.05) is 0 Å². The predicted octanol–water partition coefficient (Wildman–Crippen LogP) is 2.73. The van der Waals surface area contributed by atoms with Crippen molar-refractivity contribution >= 4 is 10.9 Å². The summed E-state index contributed by atoms with van der Waals surface area (Å²) in [5.74, 6) is 0. The van der Waals surface area contributed by atoms with Gasteiger partial charge >= 0.3 is 6.18 Å². The molecule has 0 N–H and O–H groups in total. The normalized spacial score (nSPS) is 11.9. The number of hydrogen-bond acceptors (Lipinski definition) is 2. The highest BCUT2D eigenvalue weighted by Gasteiger charge is 2.28. The molecule has 0 unspecified atom stereocenters. The fourth-order valence-corrected chi connectivity index (χ4v) is 1.45. The molecule has 1 aromatic heterocycles. The molecule has 0 aliphatic heterocycles. The van der Waals surface area contributed by atoms with Crippen LogP contribution in [0, 0.1) is 0 Å². The summed E-state index contributed by atoms with van der Waals surface area (Å²) < 4.78 is 36.7. The molecule has 0 fully saturated rings. The summed E-state index contributed by atoms with van der Waals surface area (Å²) in [5.41, 5.74) is 0.717. The van der Waals surface area contributed by atoms with Crippen LogP contribution in [0.5, 0.6) is 0 Å². The zero-order valence-electron chi connectivity index (χ0n) is 7.62. The molecule has 15 heavy (non-hydrogen) atoms. The van der Waals surface area contributed by atoms with Crippen LogP contribution in [0.4, 0.5) is 13.2 Å². The molecule has 0 atom stereocenters. The van der Waals surface area contributed by atoms with E-state index in [2.05, 4.69) is 10.2 Å². The van der Waals surface area contributed by atoms with Crippen molar-refractivity contribution in [3.8, 4) is 0 Å². The van der Waals surface area contributed by atoms with Crippen LogP contribution in [-0.2, 0) is 6.42 Å². The summed E-state index contributed by atoms with van der Waals surface area (Å²) >= 11 is 0. The highest BCUT2D eigenvalue weighted by atomic mass is 19.4. The molecule has 2 nitrogen and oxygen atoms in total. The van der Waals surface area contributed by atoms with E-state index < -0.39 is 12.6 Å². The average molecular weight is 212 g/mol. The molecule has 0 saturated heterocycles. The quantitative estimate of drug-likeness (QED) is 0.726. The van der Waals surface area contributed by atoms with Gasteiger partial charge in [0.1, 0.15) is 0 Å². The van der Waals surface area contributed by atoms with E-state index in [0.717, 1.165) is 0 Å². The summed E-state index contributed by atoms with van der Waals surface area (Å²) in [6.07, 6.45) is -3.74. The predicted molar refractivity (Wildman–Crippen MR) is 49.3 cm³/mol. The summed E-state index contributed by atoms with van der Waals surface area (Å²) in [6.45, 7) is 0. The molecule has 0 spiro atoms. The first kappa shape index (κ1) is 9.89. The van der Waals surface area contributed by atoms with Crippen molar-refractivity contribution in [1.82, 2.24) is 10.2 Å². The first-order valence-corrected chi connectivity index (χ1v) is 4.32. The van der Waals surface area contributed by atoms with Gasteiger partial charge < -0.3 is 0 Å². The Kier molecular flexibility index (Phi) is 2.30. The zero-order chi connectivity index (χ0) is 10.9. The van der Waals surface area contributed by atoms with E-state index in [0.29, 0.717) is 10.9 Å². The third-order valence-electron chi connectivity index (χ3n) is 2.04. The number of hydrogen-bond donors (Lipinski definition) is 0. The second-order valence-electron chi connectivity index (χ2n) is 3.17. The van der Waals surface area contributed by atoms with Gasteiger partial charge in [0.25, 0.3) is 0 Å². The topological polar surface area (TPSA) is 25.8 Å². The Balaban J connectivity index is 2.52. The van der Waals surface area contributed by atoms with Crippen molar-refractivity contribution < 1.29 is 13.2 Å². The maximum absolute atomic E-state index is 12.2. The maximum Gasteiger partial charge on any atom is 0.393 e. The number of aromatic nitrogens is 2. The summed E-state index contributed by atoms with van der Waals surface area (Å²) in [4.78, 5) is 0. The number of alkyl halides is 3. The largest absolute Gasteiger partial charge is 0.393 e. The Morgan fingerprint density at radius 3 is 2.67 bits per heavy atom. The lowest BCUT2D eigenvalue weighted by Crippen LogP contribution is -2.11. The van der Waals surface area contributed by atoms with E-state index in [9.17, 15) is 13.2 Å². The van der Waals surface area contributed by atoms with Gasteiger partial charge in [-0.1, -0.05) is 12.1 Å². The number of benzene rings is 1. The van der Waals surface area contributed by atoms with Crippen molar-refractivity contribution in [2.45, 2.75) is 12.6 Å². The van der Waals surface area contributed by atoms with Gasteiger partial charge in [-0.15, -0.1) is 0 Å². The van der Waals surface area contributed by atoms with Crippen LogP contribution in [-0.4, -0.2) is 16.4 Å². The van der Waals surface area contributed by atoms with Gasteiger partial charge in [-0.05, 0) is 17.7 Å². The van der Waals surface area contributed by atoms with E-state index in [-0.39, 0.29) is 5.56 Å². The summed E-state index contributed by atoms with van der Waals surface area (Å²) in [7, 11) is 0. The molecular weight excluding hydrogens is 205 g/mol. The van der Waals surface area contributed by atoms with Gasteiger partial charge in [-0.3, -0.25) is 0 Å². The molecule has 1 aromatic carbocycles. The Morgan fingerprint density at radius 1 is 1.13 bits per heavy atom. The molecule has 5 heteroatoms. The Labute approximate surface area is 83.7 Å². The third kappa shape index (κ3) is 2.23. The Morgan fingerprint density at radius 2 is 1.93 bits per heavy atom. The zero-order valence-corrected chi connectivity index (χ0v) is 7.62. The second kappa shape index (κ2) is 3.49. The average Bonchev–Trinajstić information content (AvgIpc) is 2.16. The lowest BCUT2D eigenvalue weighted by Gasteiger charge is -2.08. The van der Waals surface area contributed by atoms with Crippen LogP contribution >= 0.6 is 0 Å². The molecule has 2 rings (SSSR count). The molecule has 0 aliphatic rings. The minimum absolute atomic E-state index is 0.231. The molecule has 1 heterocycles. The van der Waals surface area contributed by atoms with Crippen LogP contribution in [0.1, 0.15) is 5.56 Å². The van der Waals surface area contributed by atoms with Gasteiger partial charge in [0.15, 0.2) is 0 Å². The molecule has 0 aliphatic carbocycles. The molecule has 0 amide bonds. The second-order valence-corrected chi connectivity index (χ2v) is 3.17. The number of halogens is 3. The van der Waals surface area contributed by atoms with E-state index in [4.69, 9.17) is 0 Å². The molecule has 0 radical (unpaired) electrons. The van der Waals surface area contributed by atoms with Crippen LogP contribution < -0.4 is 0 Å². The smallest absolute Gasteiger partial charge is 0.171 e. The van der Waals surface area contributed by atoms with Gasteiger partial charge in [-0.2, -0.15) is 23.4 Å². The van der Waals surface area contributed by atoms with E-state index in [1.54, 1.807) is 18.2 Å². The van der Waals surface area contributed by atoms with Crippen molar-refractivity contribution in [1.29, 1.82) is 0 Å². The fourth-order valence-electron chi connectivity index (χ4n) is 1.45. The van der Waals surface area contributed by atoms with Gasteiger partial charge in [-0.25, -0.2) is 0 Å². The maximum atomic E-state index is 12.2. The molecule has 0 saturated carbocycles. The monoisotopic (exact) mass is 212 g/mol. The number of nitrogens with zero attached hydrogens (tertiary/aromatic N) is 2. The van der Waals surface area contributed by atoms with Crippen molar-refractivity contribution in [3.63, 3.8) is 0 Å². The molecule has 78 valence electrons. The third-order valence-corrected chi connectivity index (χ3v) is 2.04. The van der Waals surface area contributed by atoms with Gasteiger partial charge in [0.05, 0.1) is 18.1 Å². The number of fused-ring (bicyclic) bond motifs is 1. The Bertz CT molecular complexity index is 474. The van der Waals surface area contributed by atoms with Crippen molar-refractivity contribution in [2.24, 2.45) is 0 Å².